The SMILES string of the molecule is CC\C=C/C=C\C=C/C=C\CCCCCC(=O)OCC(COC(=O)CCCCCCCCCCCC)OC(=O)CCCCCCCCCCCCCC. The molecule has 0 radical (unpaired) electrons. The number of carbonyl (C=O) groups is 3. The summed E-state index contributed by atoms with van der Waals surface area (Å²) < 4.78 is 16.6. The Kier molecular flexibility index (Phi) is 40.0. The molecule has 0 amide bonds. The van der Waals surface area contributed by atoms with Crippen LogP contribution < -0.4 is 0 Å². The van der Waals surface area contributed by atoms with E-state index in [0.717, 1.165) is 70.6 Å². The van der Waals surface area contributed by atoms with Gasteiger partial charge in [-0.2, -0.15) is 0 Å². The van der Waals surface area contributed by atoms with Gasteiger partial charge in [0.25, 0.3) is 0 Å². The Morgan fingerprint density at radius 1 is 0.396 bits per heavy atom. The van der Waals surface area contributed by atoms with Crippen LogP contribution in [0.3, 0.4) is 0 Å². The molecule has 0 fully saturated rings. The van der Waals surface area contributed by atoms with Crippen molar-refractivity contribution in [2.24, 2.45) is 0 Å². The summed E-state index contributed by atoms with van der Waals surface area (Å²) in [5.74, 6) is -0.926. The van der Waals surface area contributed by atoms with Gasteiger partial charge in [0.15, 0.2) is 6.10 Å². The van der Waals surface area contributed by atoms with Gasteiger partial charge in [-0.3, -0.25) is 14.4 Å². The molecule has 1 atom stereocenters. The molecule has 0 aromatic rings. The summed E-state index contributed by atoms with van der Waals surface area (Å²) in [5, 5.41) is 0. The van der Waals surface area contributed by atoms with Crippen LogP contribution in [0.1, 0.15) is 213 Å². The highest BCUT2D eigenvalue weighted by Crippen LogP contribution is 2.14. The average Bonchev–Trinajstić information content (AvgIpc) is 3.15. The molecular weight excluding hydrogens is 661 g/mol. The molecule has 53 heavy (non-hydrogen) atoms. The number of unbranched alkanes of at least 4 members (excludes halogenated alkanes) is 23. The lowest BCUT2D eigenvalue weighted by molar-refractivity contribution is -0.167. The fourth-order valence-corrected chi connectivity index (χ4v) is 6.10. The fourth-order valence-electron chi connectivity index (χ4n) is 6.10. The summed E-state index contributed by atoms with van der Waals surface area (Å²) >= 11 is 0. The van der Waals surface area contributed by atoms with E-state index in [1.165, 1.54) is 103 Å². The number of esters is 3. The third-order valence-corrected chi connectivity index (χ3v) is 9.44. The van der Waals surface area contributed by atoms with E-state index >= 15 is 0 Å². The maximum Gasteiger partial charge on any atom is 0.306 e. The minimum Gasteiger partial charge on any atom is -0.462 e. The highest BCUT2D eigenvalue weighted by Gasteiger charge is 2.19. The normalized spacial score (nSPS) is 12.4. The van der Waals surface area contributed by atoms with E-state index < -0.39 is 6.10 Å². The molecule has 6 heteroatoms. The van der Waals surface area contributed by atoms with Crippen molar-refractivity contribution < 1.29 is 28.6 Å². The summed E-state index contributed by atoms with van der Waals surface area (Å²) in [6.07, 6.45) is 48.0. The zero-order valence-corrected chi connectivity index (χ0v) is 34.8. The summed E-state index contributed by atoms with van der Waals surface area (Å²) in [6.45, 7) is 6.43. The first-order chi connectivity index (χ1) is 26.0. The molecule has 0 saturated heterocycles. The first kappa shape index (κ1) is 50.4. The van der Waals surface area contributed by atoms with Crippen LogP contribution in [-0.4, -0.2) is 37.2 Å². The van der Waals surface area contributed by atoms with Crippen LogP contribution in [0.15, 0.2) is 48.6 Å². The maximum atomic E-state index is 12.7. The molecule has 6 nitrogen and oxygen atoms in total. The van der Waals surface area contributed by atoms with E-state index in [4.69, 9.17) is 14.2 Å². The second-order valence-corrected chi connectivity index (χ2v) is 14.7. The Morgan fingerprint density at radius 3 is 1.15 bits per heavy atom. The van der Waals surface area contributed by atoms with Gasteiger partial charge in [-0.1, -0.05) is 204 Å². The molecule has 0 heterocycles. The van der Waals surface area contributed by atoms with Crippen molar-refractivity contribution in [3.05, 3.63) is 48.6 Å². The molecule has 0 saturated carbocycles. The molecule has 0 bridgehead atoms. The number of hydrogen-bond donors (Lipinski definition) is 0. The van der Waals surface area contributed by atoms with E-state index in [9.17, 15) is 14.4 Å². The second-order valence-electron chi connectivity index (χ2n) is 14.7. The largest absolute Gasteiger partial charge is 0.462 e. The Morgan fingerprint density at radius 2 is 0.736 bits per heavy atom. The first-order valence-electron chi connectivity index (χ1n) is 22.2. The minimum absolute atomic E-state index is 0.0833. The number of hydrogen-bond acceptors (Lipinski definition) is 6. The third-order valence-electron chi connectivity index (χ3n) is 9.44. The van der Waals surface area contributed by atoms with Crippen molar-refractivity contribution >= 4 is 17.9 Å². The predicted octanol–water partition coefficient (Wildman–Crippen LogP) is 14.0. The van der Waals surface area contributed by atoms with Crippen molar-refractivity contribution in [1.29, 1.82) is 0 Å². The summed E-state index contributed by atoms with van der Waals surface area (Å²) in [7, 11) is 0. The van der Waals surface area contributed by atoms with Crippen LogP contribution in [0.25, 0.3) is 0 Å². The molecule has 0 aromatic carbocycles. The Labute approximate surface area is 327 Å². The Hall–Kier alpha value is -2.63. The van der Waals surface area contributed by atoms with Gasteiger partial charge >= 0.3 is 17.9 Å². The fraction of sp³-hybridized carbons (Fsp3) is 0.766. The van der Waals surface area contributed by atoms with E-state index in [1.807, 2.05) is 36.5 Å². The monoisotopic (exact) mass is 743 g/mol. The lowest BCUT2D eigenvalue weighted by Crippen LogP contribution is -2.30. The Balaban J connectivity index is 4.43. The highest BCUT2D eigenvalue weighted by atomic mass is 16.6. The number of ether oxygens (including phenoxy) is 3. The van der Waals surface area contributed by atoms with Gasteiger partial charge in [0, 0.05) is 19.3 Å². The van der Waals surface area contributed by atoms with Crippen molar-refractivity contribution in [2.75, 3.05) is 13.2 Å². The van der Waals surface area contributed by atoms with E-state index in [0.29, 0.717) is 19.3 Å². The smallest absolute Gasteiger partial charge is 0.306 e. The summed E-state index contributed by atoms with van der Waals surface area (Å²) in [4.78, 5) is 37.6. The molecule has 0 N–H and O–H groups in total. The number of allylic oxidation sites excluding steroid dienone is 8. The summed E-state index contributed by atoms with van der Waals surface area (Å²) in [6, 6.07) is 0. The predicted molar refractivity (Wildman–Crippen MR) is 224 cm³/mol. The van der Waals surface area contributed by atoms with Crippen molar-refractivity contribution in [2.45, 2.75) is 219 Å². The topological polar surface area (TPSA) is 78.9 Å². The molecule has 0 aliphatic rings. The molecular formula is C47H82O6. The second kappa shape index (κ2) is 42.1. The van der Waals surface area contributed by atoms with Gasteiger partial charge in [-0.05, 0) is 38.5 Å². The first-order valence-corrected chi connectivity index (χ1v) is 22.2. The van der Waals surface area contributed by atoms with Crippen LogP contribution in [0, 0.1) is 0 Å². The van der Waals surface area contributed by atoms with Crippen LogP contribution in [-0.2, 0) is 28.6 Å². The third kappa shape index (κ3) is 40.4. The molecule has 0 spiro atoms. The van der Waals surface area contributed by atoms with E-state index in [2.05, 4.69) is 32.9 Å². The van der Waals surface area contributed by atoms with Crippen molar-refractivity contribution in [1.82, 2.24) is 0 Å². The average molecular weight is 743 g/mol. The zero-order valence-electron chi connectivity index (χ0n) is 34.8. The summed E-state index contributed by atoms with van der Waals surface area (Å²) in [5.41, 5.74) is 0. The van der Waals surface area contributed by atoms with Gasteiger partial charge in [-0.25, -0.2) is 0 Å². The molecule has 0 aromatic heterocycles. The van der Waals surface area contributed by atoms with Gasteiger partial charge < -0.3 is 14.2 Å². The van der Waals surface area contributed by atoms with Crippen molar-refractivity contribution in [3.63, 3.8) is 0 Å². The lowest BCUT2D eigenvalue weighted by atomic mass is 10.0. The van der Waals surface area contributed by atoms with E-state index in [-0.39, 0.29) is 31.1 Å². The maximum absolute atomic E-state index is 12.7. The molecule has 0 aliphatic heterocycles. The standard InChI is InChI=1S/C47H82O6/c1-4-7-10-13-16-19-22-24-26-28-31-34-37-40-46(49)52-43-44(42-51-45(48)39-36-33-30-27-21-18-15-12-9-6-3)53-47(50)41-38-35-32-29-25-23-20-17-14-11-8-5-2/h7,10,13,16,19,22,24,26,44H,4-6,8-9,11-12,14-15,17-18,20-21,23,25,27-43H2,1-3H3/b10-7-,16-13-,22-19-,26-24-. The van der Waals surface area contributed by atoms with Crippen LogP contribution in [0.5, 0.6) is 0 Å². The molecule has 0 aliphatic carbocycles. The quantitative estimate of drug-likeness (QED) is 0.0270. The van der Waals surface area contributed by atoms with E-state index in [1.54, 1.807) is 0 Å². The highest BCUT2D eigenvalue weighted by molar-refractivity contribution is 5.71. The lowest BCUT2D eigenvalue weighted by Gasteiger charge is -2.18. The molecule has 0 rings (SSSR count). The molecule has 306 valence electrons. The van der Waals surface area contributed by atoms with Gasteiger partial charge in [0.05, 0.1) is 0 Å². The number of carbonyl (C=O) groups excluding carboxylic acids is 3. The zero-order chi connectivity index (χ0) is 38.7. The van der Waals surface area contributed by atoms with Crippen LogP contribution in [0.2, 0.25) is 0 Å². The Bertz CT molecular complexity index is 949. The minimum atomic E-state index is -0.781. The molecule has 1 unspecified atom stereocenters. The van der Waals surface area contributed by atoms with Gasteiger partial charge in [0.2, 0.25) is 0 Å². The van der Waals surface area contributed by atoms with Gasteiger partial charge in [-0.15, -0.1) is 0 Å². The van der Waals surface area contributed by atoms with Crippen LogP contribution in [0.4, 0.5) is 0 Å². The van der Waals surface area contributed by atoms with Crippen molar-refractivity contribution in [3.8, 4) is 0 Å². The van der Waals surface area contributed by atoms with Gasteiger partial charge in [0.1, 0.15) is 13.2 Å². The van der Waals surface area contributed by atoms with Crippen LogP contribution >= 0.6 is 0 Å². The number of rotatable bonds is 39.